The van der Waals surface area contributed by atoms with E-state index in [2.05, 4.69) is 11.0 Å². The van der Waals surface area contributed by atoms with E-state index in [0.717, 1.165) is 36.9 Å². The summed E-state index contributed by atoms with van der Waals surface area (Å²) >= 11 is 0. The summed E-state index contributed by atoms with van der Waals surface area (Å²) in [4.78, 5) is 14.2. The number of rotatable bonds is 4. The van der Waals surface area contributed by atoms with Crippen LogP contribution in [0.2, 0.25) is 0 Å². The minimum absolute atomic E-state index is 0.0972. The van der Waals surface area contributed by atoms with E-state index in [1.807, 2.05) is 18.2 Å². The largest absolute Gasteiger partial charge is 0.371 e. The molecule has 2 aromatic rings. The second-order valence-electron chi connectivity index (χ2n) is 5.20. The number of hydrogen-bond donors (Lipinski definition) is 0. The summed E-state index contributed by atoms with van der Waals surface area (Å²) in [6, 6.07) is 11.0. The highest BCUT2D eigenvalue weighted by molar-refractivity contribution is 5.96. The first-order valence-electron chi connectivity index (χ1n) is 6.95. The fourth-order valence-corrected chi connectivity index (χ4v) is 2.73. The van der Waals surface area contributed by atoms with Gasteiger partial charge >= 0.3 is 0 Å². The molecule has 0 spiro atoms. The van der Waals surface area contributed by atoms with E-state index in [1.54, 1.807) is 0 Å². The van der Waals surface area contributed by atoms with Crippen LogP contribution in [0.3, 0.4) is 0 Å². The first kappa shape index (κ1) is 13.7. The number of benzene rings is 2. The van der Waals surface area contributed by atoms with Crippen LogP contribution in [0, 0.1) is 11.6 Å². The van der Waals surface area contributed by atoms with Crippen molar-refractivity contribution < 1.29 is 13.6 Å². The van der Waals surface area contributed by atoms with Gasteiger partial charge in [0.15, 0.2) is 5.78 Å². The van der Waals surface area contributed by atoms with Crippen LogP contribution < -0.4 is 4.90 Å². The van der Waals surface area contributed by atoms with Gasteiger partial charge in [-0.25, -0.2) is 8.78 Å². The fraction of sp³-hybridized carbons (Fsp3) is 0.235. The Bertz CT molecular complexity index is 664. The summed E-state index contributed by atoms with van der Waals surface area (Å²) in [5.74, 6) is -1.67. The van der Waals surface area contributed by atoms with E-state index < -0.39 is 11.6 Å². The van der Waals surface area contributed by atoms with Gasteiger partial charge in [-0.15, -0.1) is 0 Å². The summed E-state index contributed by atoms with van der Waals surface area (Å²) in [6.45, 7) is 1.44. The molecular formula is C17H15F2NO. The SMILES string of the molecule is O=C(CCN1CCc2ccccc21)c1cc(F)cc(F)c1. The Morgan fingerprint density at radius 1 is 1.10 bits per heavy atom. The molecule has 0 bridgehead atoms. The third kappa shape index (κ3) is 2.94. The number of fused-ring (bicyclic) bond motifs is 1. The molecule has 0 N–H and O–H groups in total. The molecule has 2 nitrogen and oxygen atoms in total. The van der Waals surface area contributed by atoms with Crippen molar-refractivity contribution in [2.75, 3.05) is 18.0 Å². The number of carbonyl (C=O) groups is 1. The number of nitrogens with zero attached hydrogens (tertiary/aromatic N) is 1. The van der Waals surface area contributed by atoms with Crippen molar-refractivity contribution in [1.29, 1.82) is 0 Å². The van der Waals surface area contributed by atoms with Gasteiger partial charge in [-0.3, -0.25) is 4.79 Å². The Labute approximate surface area is 122 Å². The van der Waals surface area contributed by atoms with Gasteiger partial charge in [-0.1, -0.05) is 18.2 Å². The molecule has 0 saturated carbocycles. The van der Waals surface area contributed by atoms with Crippen LogP contribution >= 0.6 is 0 Å². The number of ketones is 1. The highest BCUT2D eigenvalue weighted by Gasteiger charge is 2.19. The molecule has 0 aliphatic carbocycles. The quantitative estimate of drug-likeness (QED) is 0.801. The number of Topliss-reactive ketones (excluding diaryl/α,β-unsaturated/α-hetero) is 1. The molecule has 0 radical (unpaired) electrons. The standard InChI is InChI=1S/C17H15F2NO/c18-14-9-13(10-15(19)11-14)17(21)6-8-20-7-5-12-3-1-2-4-16(12)20/h1-4,9-11H,5-8H2. The third-order valence-corrected chi connectivity index (χ3v) is 3.78. The zero-order valence-corrected chi connectivity index (χ0v) is 11.5. The molecule has 3 rings (SSSR count). The van der Waals surface area contributed by atoms with E-state index in [9.17, 15) is 13.6 Å². The molecular weight excluding hydrogens is 272 g/mol. The third-order valence-electron chi connectivity index (χ3n) is 3.78. The minimum atomic E-state index is -0.718. The lowest BCUT2D eigenvalue weighted by Gasteiger charge is -2.18. The molecule has 2 aromatic carbocycles. The topological polar surface area (TPSA) is 20.3 Å². The highest BCUT2D eigenvalue weighted by atomic mass is 19.1. The van der Waals surface area contributed by atoms with E-state index in [4.69, 9.17) is 0 Å². The van der Waals surface area contributed by atoms with Crippen molar-refractivity contribution in [3.63, 3.8) is 0 Å². The van der Waals surface area contributed by atoms with Crippen LogP contribution in [0.15, 0.2) is 42.5 Å². The van der Waals surface area contributed by atoms with Gasteiger partial charge in [0.05, 0.1) is 0 Å². The predicted molar refractivity (Wildman–Crippen MR) is 77.7 cm³/mol. The van der Waals surface area contributed by atoms with E-state index in [-0.39, 0.29) is 17.8 Å². The Morgan fingerprint density at radius 2 is 1.81 bits per heavy atom. The van der Waals surface area contributed by atoms with Gasteiger partial charge in [0.2, 0.25) is 0 Å². The average molecular weight is 287 g/mol. The molecule has 1 aliphatic heterocycles. The normalized spacial score (nSPS) is 13.3. The van der Waals surface area contributed by atoms with Crippen molar-refractivity contribution in [2.24, 2.45) is 0 Å². The summed E-state index contributed by atoms with van der Waals surface area (Å²) < 4.78 is 26.2. The maximum Gasteiger partial charge on any atom is 0.164 e. The van der Waals surface area contributed by atoms with Gasteiger partial charge < -0.3 is 4.90 Å². The lowest BCUT2D eigenvalue weighted by molar-refractivity contribution is 0.0984. The predicted octanol–water partition coefficient (Wildman–Crippen LogP) is 3.60. The molecule has 4 heteroatoms. The van der Waals surface area contributed by atoms with Crippen LogP contribution in [0.5, 0.6) is 0 Å². The molecule has 1 heterocycles. The number of para-hydroxylation sites is 1. The molecule has 0 fully saturated rings. The lowest BCUT2D eigenvalue weighted by atomic mass is 10.1. The fourth-order valence-electron chi connectivity index (χ4n) is 2.73. The number of anilines is 1. The van der Waals surface area contributed by atoms with Gasteiger partial charge in [-0.2, -0.15) is 0 Å². The Hall–Kier alpha value is -2.23. The molecule has 21 heavy (non-hydrogen) atoms. The second kappa shape index (κ2) is 5.64. The summed E-state index contributed by atoms with van der Waals surface area (Å²) in [5, 5.41) is 0. The molecule has 0 unspecified atom stereocenters. The van der Waals surface area contributed by atoms with Crippen molar-refractivity contribution >= 4 is 11.5 Å². The molecule has 0 saturated heterocycles. The van der Waals surface area contributed by atoms with Crippen LogP contribution in [0.4, 0.5) is 14.5 Å². The molecule has 108 valence electrons. The summed E-state index contributed by atoms with van der Waals surface area (Å²) in [6.07, 6.45) is 1.22. The van der Waals surface area contributed by atoms with Gasteiger partial charge in [0.1, 0.15) is 11.6 Å². The van der Waals surface area contributed by atoms with Crippen LogP contribution in [-0.4, -0.2) is 18.9 Å². The number of halogens is 2. The van der Waals surface area contributed by atoms with Crippen molar-refractivity contribution in [2.45, 2.75) is 12.8 Å². The van der Waals surface area contributed by atoms with Crippen molar-refractivity contribution in [3.05, 3.63) is 65.2 Å². The highest BCUT2D eigenvalue weighted by Crippen LogP contribution is 2.27. The minimum Gasteiger partial charge on any atom is -0.371 e. The Balaban J connectivity index is 1.67. The zero-order valence-electron chi connectivity index (χ0n) is 11.5. The maximum atomic E-state index is 13.1. The van der Waals surface area contributed by atoms with Crippen molar-refractivity contribution in [1.82, 2.24) is 0 Å². The summed E-state index contributed by atoms with van der Waals surface area (Å²) in [7, 11) is 0. The first-order valence-corrected chi connectivity index (χ1v) is 6.95. The van der Waals surface area contributed by atoms with E-state index in [0.29, 0.717) is 6.54 Å². The van der Waals surface area contributed by atoms with E-state index >= 15 is 0 Å². The molecule has 0 atom stereocenters. The number of carbonyl (C=O) groups excluding carboxylic acids is 1. The molecule has 1 aliphatic rings. The van der Waals surface area contributed by atoms with Crippen LogP contribution in [0.25, 0.3) is 0 Å². The van der Waals surface area contributed by atoms with Gasteiger partial charge in [-0.05, 0) is 30.2 Å². The average Bonchev–Trinajstić information content (AvgIpc) is 2.87. The van der Waals surface area contributed by atoms with Crippen molar-refractivity contribution in [3.8, 4) is 0 Å². The second-order valence-corrected chi connectivity index (χ2v) is 5.20. The molecule has 0 amide bonds. The Kier molecular flexibility index (Phi) is 3.69. The molecule has 0 aromatic heterocycles. The monoisotopic (exact) mass is 287 g/mol. The lowest BCUT2D eigenvalue weighted by Crippen LogP contribution is -2.23. The number of hydrogen-bond acceptors (Lipinski definition) is 2. The van der Waals surface area contributed by atoms with Gasteiger partial charge in [0.25, 0.3) is 0 Å². The van der Waals surface area contributed by atoms with Gasteiger partial charge in [0, 0.05) is 36.8 Å². The van der Waals surface area contributed by atoms with Crippen LogP contribution in [-0.2, 0) is 6.42 Å². The maximum absolute atomic E-state index is 13.1. The Morgan fingerprint density at radius 3 is 2.57 bits per heavy atom. The van der Waals surface area contributed by atoms with Crippen LogP contribution in [0.1, 0.15) is 22.3 Å². The first-order chi connectivity index (χ1) is 10.1. The summed E-state index contributed by atoms with van der Waals surface area (Å²) in [5.41, 5.74) is 2.53. The smallest absolute Gasteiger partial charge is 0.164 e. The zero-order chi connectivity index (χ0) is 14.8. The van der Waals surface area contributed by atoms with E-state index in [1.165, 1.54) is 5.56 Å².